The highest BCUT2D eigenvalue weighted by Crippen LogP contribution is 2.31. The van der Waals surface area contributed by atoms with Gasteiger partial charge in [-0.15, -0.1) is 0 Å². The van der Waals surface area contributed by atoms with Crippen molar-refractivity contribution in [2.75, 3.05) is 11.9 Å². The van der Waals surface area contributed by atoms with Crippen molar-refractivity contribution in [1.29, 1.82) is 0 Å². The number of hydrogen-bond donors (Lipinski definition) is 2. The number of nitrogens with zero attached hydrogens (tertiary/aromatic N) is 2. The van der Waals surface area contributed by atoms with Crippen LogP contribution in [0.2, 0.25) is 10.0 Å². The smallest absolute Gasteiger partial charge is 0.329 e. The second-order valence-corrected chi connectivity index (χ2v) is 9.98. The molecule has 0 unspecified atom stereocenters. The minimum Gasteiger partial charge on any atom is -0.340 e. The lowest BCUT2D eigenvalue weighted by Crippen LogP contribution is -2.38. The van der Waals surface area contributed by atoms with Gasteiger partial charge in [-0.1, -0.05) is 59.6 Å². The average molecular weight is 547 g/mol. The largest absolute Gasteiger partial charge is 0.340 e. The molecular formula is C29H24Cl2N4O3. The first kappa shape index (κ1) is 25.6. The number of rotatable bonds is 6. The number of aryl methyl sites for hydroxylation is 1. The third-order valence-electron chi connectivity index (χ3n) is 6.48. The summed E-state index contributed by atoms with van der Waals surface area (Å²) in [5, 5.41) is 7.39. The molecule has 1 saturated heterocycles. The summed E-state index contributed by atoms with van der Waals surface area (Å²) in [6, 6.07) is 19.8. The van der Waals surface area contributed by atoms with Crippen LogP contribution >= 0.6 is 23.2 Å². The van der Waals surface area contributed by atoms with Crippen LogP contribution < -0.4 is 10.6 Å². The molecule has 1 aliphatic heterocycles. The lowest BCUT2D eigenvalue weighted by atomic mass is 10.1. The van der Waals surface area contributed by atoms with Gasteiger partial charge in [-0.25, -0.2) is 9.69 Å². The fourth-order valence-electron chi connectivity index (χ4n) is 4.59. The molecule has 5 rings (SSSR count). The Morgan fingerprint density at radius 2 is 1.79 bits per heavy atom. The third-order valence-corrected chi connectivity index (χ3v) is 7.06. The first-order valence-corrected chi connectivity index (χ1v) is 12.7. The predicted octanol–water partition coefficient (Wildman–Crippen LogP) is 6.14. The Kier molecular flexibility index (Phi) is 6.97. The molecule has 2 N–H and O–H groups in total. The van der Waals surface area contributed by atoms with Crippen molar-refractivity contribution < 1.29 is 14.4 Å². The number of halogens is 2. The van der Waals surface area contributed by atoms with Crippen molar-refractivity contribution in [2.45, 2.75) is 20.4 Å². The van der Waals surface area contributed by atoms with Crippen molar-refractivity contribution in [1.82, 2.24) is 14.8 Å². The summed E-state index contributed by atoms with van der Waals surface area (Å²) in [6.07, 6.45) is 1.66. The highest BCUT2D eigenvalue weighted by Gasteiger charge is 2.35. The highest BCUT2D eigenvalue weighted by atomic mass is 35.5. The summed E-state index contributed by atoms with van der Waals surface area (Å²) in [5.74, 6) is -1.03. The van der Waals surface area contributed by atoms with Gasteiger partial charge < -0.3 is 15.2 Å². The predicted molar refractivity (Wildman–Crippen MR) is 150 cm³/mol. The molecule has 4 amide bonds. The molecule has 0 bridgehead atoms. The molecule has 3 aromatic carbocycles. The third kappa shape index (κ3) is 5.03. The van der Waals surface area contributed by atoms with E-state index in [0.29, 0.717) is 22.3 Å². The van der Waals surface area contributed by atoms with Gasteiger partial charge in [0.1, 0.15) is 12.2 Å². The van der Waals surface area contributed by atoms with Crippen LogP contribution in [0.3, 0.4) is 0 Å². The van der Waals surface area contributed by atoms with E-state index in [9.17, 15) is 14.4 Å². The summed E-state index contributed by atoms with van der Waals surface area (Å²) in [4.78, 5) is 39.2. The normalized spacial score (nSPS) is 14.4. The van der Waals surface area contributed by atoms with Crippen molar-refractivity contribution in [3.8, 4) is 0 Å². The quantitative estimate of drug-likeness (QED) is 0.225. The van der Waals surface area contributed by atoms with Crippen LogP contribution in [-0.2, 0) is 16.1 Å². The number of hydrogen-bond acceptors (Lipinski definition) is 3. The average Bonchev–Trinajstić information content (AvgIpc) is 3.28. The summed E-state index contributed by atoms with van der Waals surface area (Å²) in [7, 11) is 0. The number of fused-ring (bicyclic) bond motifs is 1. The Labute approximate surface area is 229 Å². The first-order chi connectivity index (χ1) is 18.2. The van der Waals surface area contributed by atoms with E-state index in [1.807, 2.05) is 62.4 Å². The Morgan fingerprint density at radius 3 is 2.55 bits per heavy atom. The van der Waals surface area contributed by atoms with Gasteiger partial charge in [0.15, 0.2) is 0 Å². The van der Waals surface area contributed by atoms with Gasteiger partial charge in [0.2, 0.25) is 5.91 Å². The van der Waals surface area contributed by atoms with Crippen LogP contribution in [0.15, 0.2) is 72.4 Å². The zero-order valence-electron chi connectivity index (χ0n) is 20.7. The standard InChI is InChI=1S/C29H24Cl2N4O3/c1-17-6-5-7-21(12-17)32-27(36)16-35-28(37)25(33-29(35)38)14-23-18(2)34(26-9-4-3-8-22(23)26)15-19-10-11-20(30)13-24(19)31/h3-14H,15-16H2,1-2H3,(H,32,36)(H,33,38)/b25-14+. The van der Waals surface area contributed by atoms with Gasteiger partial charge >= 0.3 is 6.03 Å². The molecule has 4 aromatic rings. The van der Waals surface area contributed by atoms with Crippen molar-refractivity contribution in [3.05, 3.63) is 105 Å². The van der Waals surface area contributed by atoms with Crippen LogP contribution in [-0.4, -0.2) is 33.9 Å². The van der Waals surface area contributed by atoms with Crippen molar-refractivity contribution in [3.63, 3.8) is 0 Å². The van der Waals surface area contributed by atoms with Crippen LogP contribution in [0.25, 0.3) is 17.0 Å². The minimum absolute atomic E-state index is 0.105. The van der Waals surface area contributed by atoms with Crippen LogP contribution in [0, 0.1) is 13.8 Å². The fourth-order valence-corrected chi connectivity index (χ4v) is 5.06. The number of carbonyl (C=O) groups excluding carboxylic acids is 3. The van der Waals surface area contributed by atoms with Gasteiger partial charge in [0.25, 0.3) is 5.91 Å². The molecule has 1 fully saturated rings. The SMILES string of the molecule is Cc1cccc(NC(=O)CN2C(=O)N/C(=C/c3c(C)n(Cc4ccc(Cl)cc4Cl)c4ccccc34)C2=O)c1. The van der Waals surface area contributed by atoms with E-state index < -0.39 is 24.4 Å². The molecule has 0 aliphatic carbocycles. The highest BCUT2D eigenvalue weighted by molar-refractivity contribution is 6.35. The molecular weight excluding hydrogens is 523 g/mol. The Morgan fingerprint density at radius 1 is 1.00 bits per heavy atom. The second kappa shape index (κ2) is 10.4. The lowest BCUT2D eigenvalue weighted by molar-refractivity contribution is -0.127. The van der Waals surface area contributed by atoms with Crippen LogP contribution in [0.1, 0.15) is 22.4 Å². The van der Waals surface area contributed by atoms with Crippen LogP contribution in [0.4, 0.5) is 10.5 Å². The topological polar surface area (TPSA) is 83.4 Å². The number of nitrogens with one attached hydrogen (secondary N) is 2. The molecule has 1 aromatic heterocycles. The number of anilines is 1. The lowest BCUT2D eigenvalue weighted by Gasteiger charge is -2.12. The summed E-state index contributed by atoms with van der Waals surface area (Å²) in [5.41, 5.74) is 5.22. The summed E-state index contributed by atoms with van der Waals surface area (Å²) in [6.45, 7) is 3.96. The van der Waals surface area contributed by atoms with E-state index in [1.54, 1.807) is 24.3 Å². The summed E-state index contributed by atoms with van der Waals surface area (Å²) < 4.78 is 2.10. The van der Waals surface area contributed by atoms with E-state index in [1.165, 1.54) is 0 Å². The Bertz CT molecular complexity index is 1640. The second-order valence-electron chi connectivity index (χ2n) is 9.14. The molecule has 2 heterocycles. The van der Waals surface area contributed by atoms with E-state index >= 15 is 0 Å². The van der Waals surface area contributed by atoms with E-state index in [-0.39, 0.29) is 5.70 Å². The van der Waals surface area contributed by atoms with E-state index in [0.717, 1.165) is 38.2 Å². The van der Waals surface area contributed by atoms with Crippen molar-refractivity contribution in [2.24, 2.45) is 0 Å². The number of benzene rings is 3. The Balaban J connectivity index is 1.42. The molecule has 0 saturated carbocycles. The number of para-hydroxylation sites is 1. The number of aromatic nitrogens is 1. The monoisotopic (exact) mass is 546 g/mol. The number of carbonyl (C=O) groups is 3. The number of amides is 4. The Hall–Kier alpha value is -4.07. The number of imide groups is 1. The van der Waals surface area contributed by atoms with Crippen molar-refractivity contribution >= 4 is 63.7 Å². The maximum atomic E-state index is 13.1. The molecule has 38 heavy (non-hydrogen) atoms. The van der Waals surface area contributed by atoms with Crippen LogP contribution in [0.5, 0.6) is 0 Å². The van der Waals surface area contributed by atoms with Gasteiger partial charge in [-0.2, -0.15) is 0 Å². The zero-order chi connectivity index (χ0) is 27.0. The van der Waals surface area contributed by atoms with E-state index in [2.05, 4.69) is 15.2 Å². The molecule has 7 nitrogen and oxygen atoms in total. The molecule has 9 heteroatoms. The summed E-state index contributed by atoms with van der Waals surface area (Å²) >= 11 is 12.5. The molecule has 0 spiro atoms. The number of urea groups is 1. The van der Waals surface area contributed by atoms with Gasteiger partial charge in [-0.05, 0) is 61.4 Å². The zero-order valence-corrected chi connectivity index (χ0v) is 22.2. The fraction of sp³-hybridized carbons (Fsp3) is 0.138. The molecule has 1 aliphatic rings. The van der Waals surface area contributed by atoms with E-state index in [4.69, 9.17) is 23.2 Å². The molecule has 0 atom stereocenters. The maximum Gasteiger partial charge on any atom is 0.329 e. The van der Waals surface area contributed by atoms with Gasteiger partial charge in [0, 0.05) is 44.4 Å². The van der Waals surface area contributed by atoms with Gasteiger partial charge in [-0.3, -0.25) is 9.59 Å². The first-order valence-electron chi connectivity index (χ1n) is 11.9. The minimum atomic E-state index is -0.644. The molecule has 192 valence electrons. The molecule has 0 radical (unpaired) electrons. The van der Waals surface area contributed by atoms with Gasteiger partial charge in [0.05, 0.1) is 0 Å². The maximum absolute atomic E-state index is 13.1.